The first-order valence-corrected chi connectivity index (χ1v) is 12.9. The summed E-state index contributed by atoms with van der Waals surface area (Å²) in [6.45, 7) is 0. The number of halogens is 1. The van der Waals surface area contributed by atoms with Crippen LogP contribution in [0, 0.1) is 0 Å². The van der Waals surface area contributed by atoms with E-state index in [1.54, 1.807) is 0 Å². The minimum atomic E-state index is 0.534. The Labute approximate surface area is 227 Å². The molecule has 5 aromatic carbocycles. The van der Waals surface area contributed by atoms with E-state index in [1.807, 2.05) is 97.1 Å². The van der Waals surface area contributed by atoms with E-state index < -0.39 is 0 Å². The normalized spacial score (nSPS) is 11.7. The quantitative estimate of drug-likeness (QED) is 0.231. The Morgan fingerprint density at radius 2 is 1.08 bits per heavy atom. The van der Waals surface area contributed by atoms with Crippen molar-refractivity contribution in [3.05, 3.63) is 114 Å². The Morgan fingerprint density at radius 3 is 1.97 bits per heavy atom. The topological polar surface area (TPSA) is 65.0 Å². The number of rotatable bonds is 3. The van der Waals surface area contributed by atoms with Crippen molar-refractivity contribution in [3.63, 3.8) is 0 Å². The number of fused-ring (bicyclic) bond motifs is 6. The molecule has 0 unspecified atom stereocenters. The summed E-state index contributed by atoms with van der Waals surface area (Å²) in [4.78, 5) is 14.9. The van der Waals surface area contributed by atoms with Gasteiger partial charge in [0.2, 0.25) is 0 Å². The maximum Gasteiger partial charge on any atom is 0.167 e. The van der Waals surface area contributed by atoms with Crippen LogP contribution in [-0.4, -0.2) is 15.0 Å². The molecule has 0 bridgehead atoms. The van der Waals surface area contributed by atoms with Gasteiger partial charge in [-0.3, -0.25) is 0 Å². The summed E-state index contributed by atoms with van der Waals surface area (Å²) < 4.78 is 12.5. The van der Waals surface area contributed by atoms with Gasteiger partial charge in [0.1, 0.15) is 16.7 Å². The molecular weight excluding hydrogens is 506 g/mol. The minimum absolute atomic E-state index is 0.534. The van der Waals surface area contributed by atoms with Crippen LogP contribution in [-0.2, 0) is 0 Å². The molecule has 3 aromatic heterocycles. The molecule has 0 saturated carbocycles. The van der Waals surface area contributed by atoms with Crippen LogP contribution in [0.2, 0.25) is 5.02 Å². The summed E-state index contributed by atoms with van der Waals surface area (Å²) in [6, 6.07) is 35.7. The minimum Gasteiger partial charge on any atom is -0.455 e. The van der Waals surface area contributed by atoms with Crippen molar-refractivity contribution in [2.75, 3.05) is 0 Å². The first kappa shape index (κ1) is 22.0. The van der Waals surface area contributed by atoms with Gasteiger partial charge in [0.15, 0.2) is 23.1 Å². The predicted molar refractivity (Wildman–Crippen MR) is 156 cm³/mol. The van der Waals surface area contributed by atoms with Gasteiger partial charge in [0.25, 0.3) is 0 Å². The van der Waals surface area contributed by atoms with E-state index in [4.69, 9.17) is 35.4 Å². The highest BCUT2D eigenvalue weighted by molar-refractivity contribution is 6.36. The van der Waals surface area contributed by atoms with E-state index in [0.29, 0.717) is 28.1 Å². The van der Waals surface area contributed by atoms with Gasteiger partial charge >= 0.3 is 0 Å². The van der Waals surface area contributed by atoms with Crippen LogP contribution in [0.5, 0.6) is 0 Å². The van der Waals surface area contributed by atoms with Crippen molar-refractivity contribution in [2.24, 2.45) is 0 Å². The second-order valence-corrected chi connectivity index (χ2v) is 9.76. The third kappa shape index (κ3) is 3.44. The molecule has 0 aliphatic rings. The molecule has 5 nitrogen and oxygen atoms in total. The summed E-state index contributed by atoms with van der Waals surface area (Å²) in [5, 5.41) is 4.46. The summed E-state index contributed by atoms with van der Waals surface area (Å²) in [7, 11) is 0. The van der Waals surface area contributed by atoms with Gasteiger partial charge in [-0.05, 0) is 24.3 Å². The molecular formula is C33H18ClN3O2. The van der Waals surface area contributed by atoms with Crippen LogP contribution in [0.3, 0.4) is 0 Å². The summed E-state index contributed by atoms with van der Waals surface area (Å²) in [6.07, 6.45) is 0. The Hall–Kier alpha value is -5.00. The molecule has 8 aromatic rings. The fraction of sp³-hybridized carbons (Fsp3) is 0. The molecule has 184 valence electrons. The van der Waals surface area contributed by atoms with Crippen molar-refractivity contribution >= 4 is 55.5 Å². The highest BCUT2D eigenvalue weighted by Crippen LogP contribution is 2.40. The van der Waals surface area contributed by atoms with Gasteiger partial charge in [0, 0.05) is 32.7 Å². The van der Waals surface area contributed by atoms with Crippen LogP contribution in [0.15, 0.2) is 118 Å². The molecule has 0 aliphatic heterocycles. The lowest BCUT2D eigenvalue weighted by Crippen LogP contribution is -2.00. The molecule has 0 radical (unpaired) electrons. The maximum absolute atomic E-state index is 6.48. The van der Waals surface area contributed by atoms with Crippen molar-refractivity contribution in [1.82, 2.24) is 15.0 Å². The number of aromatic nitrogens is 3. The summed E-state index contributed by atoms with van der Waals surface area (Å²) in [5.41, 5.74) is 5.47. The van der Waals surface area contributed by atoms with E-state index in [2.05, 4.69) is 12.1 Å². The predicted octanol–water partition coefficient (Wildman–Crippen LogP) is 9.32. The second-order valence-electron chi connectivity index (χ2n) is 9.35. The van der Waals surface area contributed by atoms with Gasteiger partial charge < -0.3 is 8.83 Å². The number of hydrogen-bond acceptors (Lipinski definition) is 5. The lowest BCUT2D eigenvalue weighted by molar-refractivity contribution is 0.668. The molecule has 0 amide bonds. The van der Waals surface area contributed by atoms with E-state index in [9.17, 15) is 0 Å². The zero-order valence-electron chi connectivity index (χ0n) is 20.4. The molecule has 0 fully saturated rings. The fourth-order valence-electron chi connectivity index (χ4n) is 5.26. The van der Waals surface area contributed by atoms with Crippen LogP contribution in [0.4, 0.5) is 0 Å². The van der Waals surface area contributed by atoms with Gasteiger partial charge in [0.05, 0.1) is 10.6 Å². The number of benzene rings is 5. The molecule has 39 heavy (non-hydrogen) atoms. The highest BCUT2D eigenvalue weighted by atomic mass is 35.5. The molecule has 0 aliphatic carbocycles. The van der Waals surface area contributed by atoms with Crippen LogP contribution in [0.25, 0.3) is 78.0 Å². The van der Waals surface area contributed by atoms with Crippen LogP contribution in [0.1, 0.15) is 0 Å². The summed E-state index contributed by atoms with van der Waals surface area (Å²) in [5.74, 6) is 1.65. The van der Waals surface area contributed by atoms with Crippen molar-refractivity contribution in [1.29, 1.82) is 0 Å². The molecule has 6 heteroatoms. The highest BCUT2D eigenvalue weighted by Gasteiger charge is 2.20. The van der Waals surface area contributed by atoms with Gasteiger partial charge in [-0.1, -0.05) is 96.5 Å². The zero-order chi connectivity index (χ0) is 25.9. The fourth-order valence-corrected chi connectivity index (χ4v) is 5.47. The maximum atomic E-state index is 6.48. The van der Waals surface area contributed by atoms with E-state index in [-0.39, 0.29) is 0 Å². The van der Waals surface area contributed by atoms with Crippen molar-refractivity contribution < 1.29 is 8.83 Å². The Morgan fingerprint density at radius 1 is 0.462 bits per heavy atom. The third-order valence-electron chi connectivity index (χ3n) is 7.03. The van der Waals surface area contributed by atoms with Crippen molar-refractivity contribution in [2.45, 2.75) is 0 Å². The molecule has 0 saturated heterocycles. The first-order chi connectivity index (χ1) is 19.2. The lowest BCUT2D eigenvalue weighted by atomic mass is 10.0. The van der Waals surface area contributed by atoms with Gasteiger partial charge in [-0.2, -0.15) is 0 Å². The zero-order valence-corrected chi connectivity index (χ0v) is 21.2. The number of para-hydroxylation sites is 3. The number of furan rings is 2. The summed E-state index contributed by atoms with van der Waals surface area (Å²) >= 11 is 6.48. The third-order valence-corrected chi connectivity index (χ3v) is 7.33. The largest absolute Gasteiger partial charge is 0.455 e. The van der Waals surface area contributed by atoms with Gasteiger partial charge in [-0.25, -0.2) is 15.0 Å². The molecule has 0 N–H and O–H groups in total. The van der Waals surface area contributed by atoms with Crippen molar-refractivity contribution in [3.8, 4) is 34.2 Å². The van der Waals surface area contributed by atoms with E-state index in [0.717, 1.165) is 55.0 Å². The Balaban J connectivity index is 1.44. The van der Waals surface area contributed by atoms with E-state index >= 15 is 0 Å². The molecule has 3 heterocycles. The molecule has 8 rings (SSSR count). The Bertz CT molecular complexity index is 2200. The van der Waals surface area contributed by atoms with Gasteiger partial charge in [-0.15, -0.1) is 0 Å². The SMILES string of the molecule is Clc1cccc2c1oc1cccc(-c3nc(-c4ccccc4)nc(-c4cccc5c4oc4ccccc45)n3)c12. The Kier molecular flexibility index (Phi) is 4.81. The standard InChI is InChI=1S/C33H18ClN3O2/c34-25-16-7-13-22-28-23(14-8-18-27(28)39-30(22)25)32-35-31(19-9-2-1-3-10-19)36-33(37-32)24-15-6-12-21-20-11-4-5-17-26(20)38-29(21)24/h1-18H. The first-order valence-electron chi connectivity index (χ1n) is 12.6. The van der Waals surface area contributed by atoms with E-state index in [1.165, 1.54) is 0 Å². The van der Waals surface area contributed by atoms with Crippen LogP contribution < -0.4 is 0 Å². The monoisotopic (exact) mass is 523 g/mol. The molecule has 0 spiro atoms. The number of nitrogens with zero attached hydrogens (tertiary/aromatic N) is 3. The average molecular weight is 524 g/mol. The van der Waals surface area contributed by atoms with Crippen LogP contribution >= 0.6 is 11.6 Å². The smallest absolute Gasteiger partial charge is 0.167 e. The average Bonchev–Trinajstić information content (AvgIpc) is 3.57. The molecule has 0 atom stereocenters. The number of hydrogen-bond donors (Lipinski definition) is 0. The lowest BCUT2D eigenvalue weighted by Gasteiger charge is -2.09. The second kappa shape index (κ2) is 8.51.